The Labute approximate surface area is 147 Å². The van der Waals surface area contributed by atoms with Gasteiger partial charge < -0.3 is 26.0 Å². The van der Waals surface area contributed by atoms with Gasteiger partial charge in [0.2, 0.25) is 5.91 Å². The summed E-state index contributed by atoms with van der Waals surface area (Å²) < 4.78 is 0. The first-order valence-electron chi connectivity index (χ1n) is 8.94. The van der Waals surface area contributed by atoms with Crippen molar-refractivity contribution < 1.29 is 14.7 Å². The second kappa shape index (κ2) is 7.74. The average molecular weight is 346 g/mol. The van der Waals surface area contributed by atoms with E-state index < -0.39 is 12.1 Å². The highest BCUT2D eigenvalue weighted by Crippen LogP contribution is 2.26. The van der Waals surface area contributed by atoms with Crippen LogP contribution in [-0.4, -0.2) is 54.2 Å². The zero-order valence-corrected chi connectivity index (χ0v) is 14.4. The van der Waals surface area contributed by atoms with E-state index >= 15 is 0 Å². The van der Waals surface area contributed by atoms with Crippen LogP contribution >= 0.6 is 0 Å². The Morgan fingerprint density at radius 3 is 2.88 bits per heavy atom. The maximum Gasteiger partial charge on any atom is 0.407 e. The van der Waals surface area contributed by atoms with Crippen LogP contribution in [0.5, 0.6) is 0 Å². The first-order chi connectivity index (χ1) is 12.1. The number of nitrogens with zero attached hydrogens (tertiary/aromatic N) is 2. The van der Waals surface area contributed by atoms with Gasteiger partial charge in [-0.3, -0.25) is 4.79 Å². The molecule has 2 aliphatic heterocycles. The Morgan fingerprint density at radius 1 is 1.24 bits per heavy atom. The van der Waals surface area contributed by atoms with Crippen LogP contribution in [0, 0.1) is 0 Å². The van der Waals surface area contributed by atoms with E-state index in [0.717, 1.165) is 36.9 Å². The molecule has 0 aromatic heterocycles. The van der Waals surface area contributed by atoms with Gasteiger partial charge in [-0.05, 0) is 30.5 Å². The Bertz CT molecular complexity index is 637. The smallest absolute Gasteiger partial charge is 0.407 e. The second-order valence-electron chi connectivity index (χ2n) is 6.78. The maximum absolute atomic E-state index is 12.7. The van der Waals surface area contributed by atoms with Gasteiger partial charge in [0.25, 0.3) is 0 Å². The van der Waals surface area contributed by atoms with Crippen molar-refractivity contribution in [3.63, 3.8) is 0 Å². The van der Waals surface area contributed by atoms with Crippen LogP contribution < -0.4 is 16.0 Å². The average Bonchev–Trinajstić information content (AvgIpc) is 2.63. The molecule has 136 valence electrons. The monoisotopic (exact) mass is 346 g/mol. The molecule has 2 bridgehead atoms. The molecule has 3 rings (SSSR count). The molecule has 0 spiro atoms. The summed E-state index contributed by atoms with van der Waals surface area (Å²) in [4.78, 5) is 27.3. The van der Waals surface area contributed by atoms with Gasteiger partial charge in [0.15, 0.2) is 0 Å². The molecular weight excluding hydrogens is 320 g/mol. The zero-order valence-electron chi connectivity index (χ0n) is 14.4. The van der Waals surface area contributed by atoms with Gasteiger partial charge >= 0.3 is 6.09 Å². The number of fused-ring (bicyclic) bond motifs is 4. The van der Waals surface area contributed by atoms with E-state index in [1.165, 1.54) is 4.90 Å². The molecular formula is C18H26N4O3. The van der Waals surface area contributed by atoms with Crippen LogP contribution in [0.1, 0.15) is 37.3 Å². The van der Waals surface area contributed by atoms with Crippen molar-refractivity contribution in [2.45, 2.75) is 37.8 Å². The SMILES string of the molecule is N[C@H]1CCCCCNC(=O)[C@H]2CN(C(=O)O)CCN2c2cccc1c2. The molecule has 1 fully saturated rings. The number of benzene rings is 1. The van der Waals surface area contributed by atoms with Gasteiger partial charge in [-0.2, -0.15) is 0 Å². The number of piperazine rings is 1. The summed E-state index contributed by atoms with van der Waals surface area (Å²) in [6.45, 7) is 1.67. The number of hydrogen-bond donors (Lipinski definition) is 3. The number of carbonyl (C=O) groups is 2. The molecule has 4 N–H and O–H groups in total. The first kappa shape index (κ1) is 17.5. The van der Waals surface area contributed by atoms with Crippen LogP contribution in [0.2, 0.25) is 0 Å². The van der Waals surface area contributed by atoms with Crippen LogP contribution in [0.4, 0.5) is 10.5 Å². The number of carbonyl (C=O) groups excluding carboxylic acids is 1. The lowest BCUT2D eigenvalue weighted by Gasteiger charge is -2.41. The fourth-order valence-electron chi connectivity index (χ4n) is 3.59. The Kier molecular flexibility index (Phi) is 5.43. The third kappa shape index (κ3) is 4.04. The molecule has 0 saturated carbocycles. The van der Waals surface area contributed by atoms with Gasteiger partial charge in [0, 0.05) is 31.4 Å². The molecule has 2 heterocycles. The highest BCUT2D eigenvalue weighted by atomic mass is 16.4. The summed E-state index contributed by atoms with van der Waals surface area (Å²) in [7, 11) is 0. The van der Waals surface area contributed by atoms with E-state index in [0.29, 0.717) is 19.6 Å². The third-order valence-corrected chi connectivity index (χ3v) is 5.07. The van der Waals surface area contributed by atoms with Gasteiger partial charge in [-0.25, -0.2) is 4.79 Å². The van der Waals surface area contributed by atoms with Crippen molar-refractivity contribution in [2.75, 3.05) is 31.1 Å². The van der Waals surface area contributed by atoms with E-state index in [1.54, 1.807) is 0 Å². The fraction of sp³-hybridized carbons (Fsp3) is 0.556. The molecule has 0 unspecified atom stereocenters. The molecule has 7 nitrogen and oxygen atoms in total. The highest BCUT2D eigenvalue weighted by Gasteiger charge is 2.34. The first-order valence-corrected chi connectivity index (χ1v) is 8.94. The normalized spacial score (nSPS) is 25.1. The van der Waals surface area contributed by atoms with Crippen LogP contribution in [-0.2, 0) is 4.79 Å². The topological polar surface area (TPSA) is 98.9 Å². The van der Waals surface area contributed by atoms with Crippen molar-refractivity contribution in [3.8, 4) is 0 Å². The lowest BCUT2D eigenvalue weighted by atomic mass is 10.00. The standard InChI is InChI=1S/C18H26N4O3/c19-15-7-2-1-3-8-20-17(23)16-12-21(18(24)25)9-10-22(16)14-6-4-5-13(15)11-14/h4-6,11,15-16H,1-3,7-10,12,19H2,(H,20,23)(H,24,25)/t15-,16+/m0/s1. The molecule has 0 aliphatic carbocycles. The number of rotatable bonds is 0. The van der Waals surface area contributed by atoms with Crippen LogP contribution in [0.3, 0.4) is 0 Å². The summed E-state index contributed by atoms with van der Waals surface area (Å²) >= 11 is 0. The van der Waals surface area contributed by atoms with Crippen LogP contribution in [0.25, 0.3) is 0 Å². The summed E-state index contributed by atoms with van der Waals surface area (Å²) in [6, 6.07) is 7.46. The minimum Gasteiger partial charge on any atom is -0.465 e. The van der Waals surface area contributed by atoms with Gasteiger partial charge in [0.05, 0.1) is 6.54 Å². The Morgan fingerprint density at radius 2 is 2.08 bits per heavy atom. The molecule has 25 heavy (non-hydrogen) atoms. The summed E-state index contributed by atoms with van der Waals surface area (Å²) in [5.41, 5.74) is 8.32. The van der Waals surface area contributed by atoms with Gasteiger partial charge in [-0.15, -0.1) is 0 Å². The molecule has 1 saturated heterocycles. The molecule has 2 aliphatic rings. The number of nitrogens with one attached hydrogen (secondary N) is 1. The lowest BCUT2D eigenvalue weighted by Crippen LogP contribution is -2.60. The van der Waals surface area contributed by atoms with E-state index in [-0.39, 0.29) is 18.5 Å². The molecule has 2 atom stereocenters. The predicted molar refractivity (Wildman–Crippen MR) is 95.6 cm³/mol. The number of carboxylic acid groups (broad SMARTS) is 1. The molecule has 2 amide bonds. The largest absolute Gasteiger partial charge is 0.465 e. The van der Waals surface area contributed by atoms with Gasteiger partial charge in [-0.1, -0.05) is 25.0 Å². The van der Waals surface area contributed by atoms with E-state index in [9.17, 15) is 14.7 Å². The number of nitrogens with two attached hydrogens (primary N) is 1. The highest BCUT2D eigenvalue weighted by molar-refractivity contribution is 5.86. The number of amides is 2. The predicted octanol–water partition coefficient (Wildman–Crippen LogP) is 1.55. The van der Waals surface area contributed by atoms with Crippen molar-refractivity contribution in [1.82, 2.24) is 10.2 Å². The van der Waals surface area contributed by atoms with Crippen molar-refractivity contribution in [2.24, 2.45) is 5.73 Å². The number of anilines is 1. The third-order valence-electron chi connectivity index (χ3n) is 5.07. The summed E-state index contributed by atoms with van der Waals surface area (Å²) in [5.74, 6) is -0.111. The quantitative estimate of drug-likeness (QED) is 0.662. The van der Waals surface area contributed by atoms with Gasteiger partial charge in [0.1, 0.15) is 6.04 Å². The Balaban J connectivity index is 1.91. The fourth-order valence-corrected chi connectivity index (χ4v) is 3.59. The lowest BCUT2D eigenvalue weighted by molar-refractivity contribution is -0.123. The molecule has 1 aromatic carbocycles. The van der Waals surface area contributed by atoms with Crippen molar-refractivity contribution >= 4 is 17.7 Å². The maximum atomic E-state index is 12.7. The summed E-state index contributed by atoms with van der Waals surface area (Å²) in [5, 5.41) is 12.3. The molecule has 7 heteroatoms. The van der Waals surface area contributed by atoms with E-state index in [4.69, 9.17) is 5.73 Å². The number of hydrogen-bond acceptors (Lipinski definition) is 4. The molecule has 0 radical (unpaired) electrons. The minimum atomic E-state index is -0.980. The van der Waals surface area contributed by atoms with E-state index in [1.807, 2.05) is 29.2 Å². The Hall–Kier alpha value is -2.28. The minimum absolute atomic E-state index is 0.0110. The summed E-state index contributed by atoms with van der Waals surface area (Å²) in [6.07, 6.45) is 2.90. The van der Waals surface area contributed by atoms with E-state index in [2.05, 4.69) is 5.32 Å². The molecule has 1 aromatic rings. The van der Waals surface area contributed by atoms with Crippen molar-refractivity contribution in [1.29, 1.82) is 0 Å². The van der Waals surface area contributed by atoms with Crippen LogP contribution in [0.15, 0.2) is 24.3 Å². The zero-order chi connectivity index (χ0) is 17.8. The second-order valence-corrected chi connectivity index (χ2v) is 6.78. The van der Waals surface area contributed by atoms with Crippen molar-refractivity contribution in [3.05, 3.63) is 29.8 Å².